The van der Waals surface area contributed by atoms with Gasteiger partial charge in [0, 0.05) is 16.7 Å². The molecule has 0 saturated heterocycles. The normalized spacial score (nSPS) is 13.0. The van der Waals surface area contributed by atoms with Crippen molar-refractivity contribution in [3.05, 3.63) is 65.7 Å². The van der Waals surface area contributed by atoms with Crippen LogP contribution < -0.4 is 5.32 Å². The minimum Gasteiger partial charge on any atom is -0.480 e. The highest BCUT2D eigenvalue weighted by Crippen LogP contribution is 2.11. The Morgan fingerprint density at radius 2 is 1.81 bits per heavy atom. The van der Waals surface area contributed by atoms with Crippen LogP contribution in [-0.2, 0) is 26.8 Å². The summed E-state index contributed by atoms with van der Waals surface area (Å²) in [6.45, 7) is 0. The first kappa shape index (κ1) is 19.7. The van der Waals surface area contributed by atoms with E-state index in [1.54, 1.807) is 30.3 Å². The third-order valence-corrected chi connectivity index (χ3v) is 5.00. The van der Waals surface area contributed by atoms with Crippen molar-refractivity contribution in [2.75, 3.05) is 5.75 Å². The number of hydrogen-bond donors (Lipinski definition) is 2. The number of hydrogen-bond acceptors (Lipinski definition) is 3. The molecule has 0 spiro atoms. The van der Waals surface area contributed by atoms with E-state index in [4.69, 9.17) is 0 Å². The van der Waals surface area contributed by atoms with Crippen LogP contribution in [0.2, 0.25) is 0 Å². The molecule has 0 heterocycles. The molecule has 26 heavy (non-hydrogen) atoms. The Hall–Kier alpha value is -2.61. The number of halogens is 2. The molecule has 0 aromatic heterocycles. The van der Waals surface area contributed by atoms with E-state index < -0.39 is 46.8 Å². The number of nitrogens with one attached hydrogen (secondary N) is 1. The smallest absolute Gasteiger partial charge is 0.326 e. The lowest BCUT2D eigenvalue weighted by Gasteiger charge is -2.14. The molecule has 0 aliphatic carbocycles. The predicted octanol–water partition coefficient (Wildman–Crippen LogP) is 2.27. The summed E-state index contributed by atoms with van der Waals surface area (Å²) < 4.78 is 38.6. The van der Waals surface area contributed by atoms with Crippen LogP contribution in [0.25, 0.3) is 0 Å². The van der Waals surface area contributed by atoms with E-state index in [1.807, 2.05) is 0 Å². The zero-order chi connectivity index (χ0) is 19.1. The van der Waals surface area contributed by atoms with Crippen molar-refractivity contribution >= 4 is 22.7 Å². The van der Waals surface area contributed by atoms with Crippen molar-refractivity contribution in [2.45, 2.75) is 23.8 Å². The van der Waals surface area contributed by atoms with Crippen LogP contribution in [0.1, 0.15) is 12.0 Å². The van der Waals surface area contributed by atoms with Gasteiger partial charge in [-0.15, -0.1) is 0 Å². The standard InChI is InChI=1S/C18H17F2NO4S/c19-13-7-6-12(15(20)11-13)10-17(22)21-16(18(23)24)8-9-26(25)14-4-2-1-3-5-14/h1-7,11,16H,8-10H2,(H,21,22)(H,23,24)/t16-,26-/m1/s1. The average molecular weight is 381 g/mol. The molecule has 0 fully saturated rings. The first-order valence-corrected chi connectivity index (χ1v) is 9.08. The van der Waals surface area contributed by atoms with Crippen LogP contribution in [0.3, 0.4) is 0 Å². The van der Waals surface area contributed by atoms with Crippen molar-refractivity contribution < 1.29 is 27.7 Å². The molecule has 0 aliphatic heterocycles. The Bertz CT molecular complexity index is 814. The third-order valence-electron chi connectivity index (χ3n) is 3.60. The minimum absolute atomic E-state index is 0.0408. The molecule has 0 radical (unpaired) electrons. The summed E-state index contributed by atoms with van der Waals surface area (Å²) in [5.41, 5.74) is -0.0408. The number of benzene rings is 2. The first-order valence-electron chi connectivity index (χ1n) is 7.76. The Balaban J connectivity index is 1.93. The van der Waals surface area contributed by atoms with Crippen LogP contribution in [0.15, 0.2) is 53.4 Å². The van der Waals surface area contributed by atoms with Gasteiger partial charge in [0.25, 0.3) is 0 Å². The zero-order valence-corrected chi connectivity index (χ0v) is 14.5. The number of carboxylic acid groups (broad SMARTS) is 1. The topological polar surface area (TPSA) is 83.5 Å². The van der Waals surface area contributed by atoms with Crippen LogP contribution >= 0.6 is 0 Å². The van der Waals surface area contributed by atoms with Crippen molar-refractivity contribution in [3.63, 3.8) is 0 Å². The molecule has 2 aromatic rings. The minimum atomic E-state index is -1.40. The Morgan fingerprint density at radius 3 is 2.42 bits per heavy atom. The van der Waals surface area contributed by atoms with Gasteiger partial charge in [-0.3, -0.25) is 9.00 Å². The van der Waals surface area contributed by atoms with Crippen molar-refractivity contribution in [3.8, 4) is 0 Å². The Kier molecular flexibility index (Phi) is 6.97. The van der Waals surface area contributed by atoms with Crippen LogP contribution in [0.4, 0.5) is 8.78 Å². The maximum Gasteiger partial charge on any atom is 0.326 e. The van der Waals surface area contributed by atoms with Gasteiger partial charge in [-0.1, -0.05) is 24.3 Å². The molecule has 0 bridgehead atoms. The van der Waals surface area contributed by atoms with E-state index >= 15 is 0 Å². The molecular formula is C18H17F2NO4S. The summed E-state index contributed by atoms with van der Waals surface area (Å²) >= 11 is 0. The fourth-order valence-corrected chi connectivity index (χ4v) is 3.40. The zero-order valence-electron chi connectivity index (χ0n) is 13.7. The van der Waals surface area contributed by atoms with Gasteiger partial charge < -0.3 is 10.4 Å². The molecule has 1 amide bonds. The maximum absolute atomic E-state index is 13.6. The molecule has 8 heteroatoms. The van der Waals surface area contributed by atoms with Crippen LogP contribution in [0, 0.1) is 11.6 Å². The quantitative estimate of drug-likeness (QED) is 0.735. The Labute approximate surface area is 151 Å². The summed E-state index contributed by atoms with van der Waals surface area (Å²) in [5.74, 6) is -3.58. The molecule has 138 valence electrons. The van der Waals surface area contributed by atoms with Gasteiger partial charge in [0.05, 0.1) is 17.2 Å². The van der Waals surface area contributed by atoms with Gasteiger partial charge in [-0.2, -0.15) is 0 Å². The lowest BCUT2D eigenvalue weighted by Crippen LogP contribution is -2.42. The number of aliphatic carboxylic acids is 1. The number of rotatable bonds is 8. The van der Waals surface area contributed by atoms with Gasteiger partial charge >= 0.3 is 5.97 Å². The van der Waals surface area contributed by atoms with Crippen molar-refractivity contribution in [1.82, 2.24) is 5.32 Å². The fourth-order valence-electron chi connectivity index (χ4n) is 2.26. The molecule has 5 nitrogen and oxygen atoms in total. The highest BCUT2D eigenvalue weighted by Gasteiger charge is 2.21. The van der Waals surface area contributed by atoms with Gasteiger partial charge in [0.1, 0.15) is 17.7 Å². The summed E-state index contributed by atoms with van der Waals surface area (Å²) in [6.07, 6.45) is -0.466. The van der Waals surface area contributed by atoms with E-state index in [-0.39, 0.29) is 17.7 Å². The van der Waals surface area contributed by atoms with E-state index in [9.17, 15) is 27.7 Å². The first-order chi connectivity index (χ1) is 12.4. The fraction of sp³-hybridized carbons (Fsp3) is 0.222. The predicted molar refractivity (Wildman–Crippen MR) is 92.0 cm³/mol. The summed E-state index contributed by atoms with van der Waals surface area (Å²) in [4.78, 5) is 23.8. The Morgan fingerprint density at radius 1 is 1.12 bits per heavy atom. The second-order valence-corrected chi connectivity index (χ2v) is 7.09. The average Bonchev–Trinajstić information content (AvgIpc) is 2.61. The van der Waals surface area contributed by atoms with E-state index in [0.29, 0.717) is 11.0 Å². The van der Waals surface area contributed by atoms with Crippen molar-refractivity contribution in [2.24, 2.45) is 0 Å². The van der Waals surface area contributed by atoms with Gasteiger partial charge in [0.15, 0.2) is 0 Å². The summed E-state index contributed by atoms with van der Waals surface area (Å²) in [5, 5.41) is 11.5. The van der Waals surface area contributed by atoms with Gasteiger partial charge in [-0.25, -0.2) is 13.6 Å². The molecule has 0 saturated carbocycles. The molecule has 2 aromatic carbocycles. The molecule has 2 N–H and O–H groups in total. The molecule has 2 atom stereocenters. The number of carbonyl (C=O) groups excluding carboxylic acids is 1. The van der Waals surface area contributed by atoms with Crippen LogP contribution in [-0.4, -0.2) is 33.0 Å². The number of carbonyl (C=O) groups is 2. The van der Waals surface area contributed by atoms with Crippen molar-refractivity contribution in [1.29, 1.82) is 0 Å². The number of amides is 1. The highest BCUT2D eigenvalue weighted by molar-refractivity contribution is 7.85. The largest absolute Gasteiger partial charge is 0.480 e. The second kappa shape index (κ2) is 9.19. The lowest BCUT2D eigenvalue weighted by molar-refractivity contribution is -0.141. The molecular weight excluding hydrogens is 364 g/mol. The molecule has 0 aliphatic rings. The van der Waals surface area contributed by atoms with E-state index in [2.05, 4.69) is 5.32 Å². The monoisotopic (exact) mass is 381 g/mol. The SMILES string of the molecule is O=C(Cc1ccc(F)cc1F)N[C@H](CC[S@@](=O)c1ccccc1)C(=O)O. The van der Waals surface area contributed by atoms with E-state index in [0.717, 1.165) is 12.1 Å². The third kappa shape index (κ3) is 5.73. The highest BCUT2D eigenvalue weighted by atomic mass is 32.2. The second-order valence-electron chi connectivity index (χ2n) is 5.52. The van der Waals surface area contributed by atoms with Gasteiger partial charge in [0.2, 0.25) is 5.91 Å². The number of carboxylic acids is 1. The summed E-state index contributed by atoms with van der Waals surface area (Å²) in [6, 6.07) is 10.1. The molecule has 2 rings (SSSR count). The van der Waals surface area contributed by atoms with Gasteiger partial charge in [-0.05, 0) is 30.2 Å². The lowest BCUT2D eigenvalue weighted by atomic mass is 10.1. The summed E-state index contributed by atoms with van der Waals surface area (Å²) in [7, 11) is -1.40. The molecule has 0 unspecified atom stereocenters. The van der Waals surface area contributed by atoms with Crippen LogP contribution in [0.5, 0.6) is 0 Å². The van der Waals surface area contributed by atoms with E-state index in [1.165, 1.54) is 0 Å². The maximum atomic E-state index is 13.6.